The third-order valence-electron chi connectivity index (χ3n) is 5.82. The van der Waals surface area contributed by atoms with Gasteiger partial charge in [-0.05, 0) is 32.1 Å². The first kappa shape index (κ1) is 12.9. The Morgan fingerprint density at radius 1 is 1.53 bits per heavy atom. The van der Waals surface area contributed by atoms with Gasteiger partial charge in [0, 0.05) is 17.9 Å². The number of carbonyl (C=O) groups excluding carboxylic acids is 1. The van der Waals surface area contributed by atoms with Crippen molar-refractivity contribution >= 4 is 11.8 Å². The van der Waals surface area contributed by atoms with Crippen LogP contribution in [0.25, 0.3) is 0 Å². The Hall–Kier alpha value is -1.16. The number of Topliss-reactive ketones (excluding diaryl/α,β-unsaturated/α-hetero) is 1. The molecule has 0 aromatic rings. The monoisotopic (exact) mass is 264 g/mol. The Morgan fingerprint density at radius 2 is 2.21 bits per heavy atom. The molecule has 4 heteroatoms. The molecule has 5 atom stereocenters. The molecule has 2 bridgehead atoms. The van der Waals surface area contributed by atoms with Gasteiger partial charge in [0.2, 0.25) is 0 Å². The smallest absolute Gasteiger partial charge is 0.331 e. The van der Waals surface area contributed by atoms with Gasteiger partial charge in [-0.15, -0.1) is 0 Å². The van der Waals surface area contributed by atoms with Crippen molar-refractivity contribution < 1.29 is 19.4 Å². The number of rotatable bonds is 2. The molecule has 3 aliphatic rings. The first-order valence-electron chi connectivity index (χ1n) is 6.95. The van der Waals surface area contributed by atoms with Crippen LogP contribution in [0, 0.1) is 17.3 Å². The average molecular weight is 264 g/mol. The summed E-state index contributed by atoms with van der Waals surface area (Å²) in [6.45, 7) is 7.79. The summed E-state index contributed by atoms with van der Waals surface area (Å²) in [6.07, 6.45) is 2.66. The molecule has 4 nitrogen and oxygen atoms in total. The summed E-state index contributed by atoms with van der Waals surface area (Å²) < 4.78 is 6.23. The molecule has 3 fully saturated rings. The van der Waals surface area contributed by atoms with Crippen LogP contribution in [0.1, 0.15) is 39.5 Å². The molecule has 2 heterocycles. The van der Waals surface area contributed by atoms with Crippen LogP contribution in [0.2, 0.25) is 0 Å². The van der Waals surface area contributed by atoms with Gasteiger partial charge in [-0.2, -0.15) is 0 Å². The van der Waals surface area contributed by atoms with E-state index < -0.39 is 11.4 Å². The fourth-order valence-corrected chi connectivity index (χ4v) is 4.65. The van der Waals surface area contributed by atoms with Gasteiger partial charge in [0.1, 0.15) is 5.78 Å². The van der Waals surface area contributed by atoms with E-state index in [1.54, 1.807) is 0 Å². The quantitative estimate of drug-likeness (QED) is 0.776. The zero-order valence-electron chi connectivity index (χ0n) is 11.4. The number of carboxylic acid groups (broad SMARTS) is 1. The second-order valence-electron chi connectivity index (χ2n) is 6.58. The Labute approximate surface area is 112 Å². The molecule has 0 aromatic heterocycles. The second kappa shape index (κ2) is 3.69. The normalized spacial score (nSPS) is 48.1. The van der Waals surface area contributed by atoms with Gasteiger partial charge in [-0.3, -0.25) is 4.79 Å². The van der Waals surface area contributed by atoms with Crippen molar-refractivity contribution in [3.63, 3.8) is 0 Å². The highest BCUT2D eigenvalue weighted by Crippen LogP contribution is 2.63. The Kier molecular flexibility index (Phi) is 2.50. The van der Waals surface area contributed by atoms with Crippen LogP contribution in [0.3, 0.4) is 0 Å². The maximum absolute atomic E-state index is 12.3. The van der Waals surface area contributed by atoms with Gasteiger partial charge in [-0.1, -0.05) is 13.5 Å². The maximum atomic E-state index is 12.3. The predicted molar refractivity (Wildman–Crippen MR) is 68.6 cm³/mol. The largest absolute Gasteiger partial charge is 0.478 e. The number of hydrogen-bond acceptors (Lipinski definition) is 3. The molecule has 1 aliphatic carbocycles. The number of carboxylic acids is 1. The molecule has 104 valence electrons. The van der Waals surface area contributed by atoms with Crippen LogP contribution in [0.4, 0.5) is 0 Å². The van der Waals surface area contributed by atoms with E-state index in [0.29, 0.717) is 18.8 Å². The van der Waals surface area contributed by atoms with E-state index in [9.17, 15) is 14.7 Å². The Balaban J connectivity index is 2.03. The second-order valence-corrected chi connectivity index (χ2v) is 6.58. The fourth-order valence-electron chi connectivity index (χ4n) is 4.65. The lowest BCUT2D eigenvalue weighted by molar-refractivity contribution is -0.179. The van der Waals surface area contributed by atoms with Crippen LogP contribution < -0.4 is 0 Å². The van der Waals surface area contributed by atoms with Gasteiger partial charge in [0.15, 0.2) is 0 Å². The zero-order chi connectivity index (χ0) is 14.0. The van der Waals surface area contributed by atoms with Crippen LogP contribution in [0.15, 0.2) is 12.2 Å². The summed E-state index contributed by atoms with van der Waals surface area (Å²) >= 11 is 0. The minimum Gasteiger partial charge on any atom is -0.478 e. The van der Waals surface area contributed by atoms with Crippen LogP contribution in [-0.4, -0.2) is 28.6 Å². The summed E-state index contributed by atoms with van der Waals surface area (Å²) in [5, 5.41) is 9.18. The van der Waals surface area contributed by atoms with Crippen molar-refractivity contribution in [1.82, 2.24) is 0 Å². The highest BCUT2D eigenvalue weighted by atomic mass is 16.5. The third-order valence-corrected chi connectivity index (χ3v) is 5.82. The van der Waals surface area contributed by atoms with Gasteiger partial charge < -0.3 is 9.84 Å². The topological polar surface area (TPSA) is 63.6 Å². The average Bonchev–Trinajstić information content (AvgIpc) is 2.79. The van der Waals surface area contributed by atoms with Crippen LogP contribution in [-0.2, 0) is 14.3 Å². The van der Waals surface area contributed by atoms with Crippen molar-refractivity contribution in [1.29, 1.82) is 0 Å². The minimum atomic E-state index is -0.977. The van der Waals surface area contributed by atoms with Crippen molar-refractivity contribution in [3.05, 3.63) is 12.2 Å². The number of carbonyl (C=O) groups is 2. The molecule has 1 N–H and O–H groups in total. The van der Waals surface area contributed by atoms with Gasteiger partial charge in [0.25, 0.3) is 0 Å². The first-order chi connectivity index (χ1) is 8.82. The van der Waals surface area contributed by atoms with Gasteiger partial charge >= 0.3 is 5.97 Å². The molecular formula is C15H20O4. The molecule has 0 aromatic carbocycles. The van der Waals surface area contributed by atoms with Crippen molar-refractivity contribution in [2.45, 2.75) is 51.2 Å². The summed E-state index contributed by atoms with van der Waals surface area (Å²) in [7, 11) is 0. The van der Waals surface area contributed by atoms with Crippen LogP contribution in [0.5, 0.6) is 0 Å². The third kappa shape index (κ3) is 1.38. The van der Waals surface area contributed by atoms with Crippen molar-refractivity contribution in [3.8, 4) is 0 Å². The molecule has 3 rings (SSSR count). The molecule has 2 saturated heterocycles. The lowest BCUT2D eigenvalue weighted by Crippen LogP contribution is -2.54. The lowest BCUT2D eigenvalue weighted by Gasteiger charge is -2.48. The fraction of sp³-hybridized carbons (Fsp3) is 0.733. The molecule has 19 heavy (non-hydrogen) atoms. The molecule has 1 spiro atoms. The van der Waals surface area contributed by atoms with E-state index in [-0.39, 0.29) is 29.0 Å². The van der Waals surface area contributed by atoms with E-state index in [1.165, 1.54) is 0 Å². The SMILES string of the molecule is C=C(C(=O)O)C1CC2(C)C(=O)CCC23OC1CC3C. The maximum Gasteiger partial charge on any atom is 0.331 e. The summed E-state index contributed by atoms with van der Waals surface area (Å²) in [5.74, 6) is -0.680. The van der Waals surface area contributed by atoms with E-state index in [2.05, 4.69) is 13.5 Å². The van der Waals surface area contributed by atoms with E-state index in [1.807, 2.05) is 6.92 Å². The highest BCUT2D eigenvalue weighted by Gasteiger charge is 2.68. The number of hydrogen-bond donors (Lipinski definition) is 1. The lowest BCUT2D eigenvalue weighted by atomic mass is 9.65. The minimum absolute atomic E-state index is 0.0856. The number of fused-ring (bicyclic) bond motifs is 1. The van der Waals surface area contributed by atoms with Gasteiger partial charge in [0.05, 0.1) is 17.1 Å². The number of ketones is 1. The molecule has 0 amide bonds. The molecule has 0 radical (unpaired) electrons. The molecule has 2 aliphatic heterocycles. The number of ether oxygens (including phenoxy) is 1. The Bertz CT molecular complexity index is 483. The van der Waals surface area contributed by atoms with E-state index >= 15 is 0 Å². The van der Waals surface area contributed by atoms with Crippen LogP contribution >= 0.6 is 0 Å². The predicted octanol–water partition coefficient (Wildman–Crippen LogP) is 2.18. The zero-order valence-corrected chi connectivity index (χ0v) is 11.4. The summed E-state index contributed by atoms with van der Waals surface area (Å²) in [4.78, 5) is 23.5. The Morgan fingerprint density at radius 3 is 2.84 bits per heavy atom. The molecule has 1 saturated carbocycles. The molecular weight excluding hydrogens is 244 g/mol. The molecule has 5 unspecified atom stereocenters. The highest BCUT2D eigenvalue weighted by molar-refractivity contribution is 5.90. The van der Waals surface area contributed by atoms with E-state index in [4.69, 9.17) is 4.74 Å². The summed E-state index contributed by atoms with van der Waals surface area (Å²) in [6, 6.07) is 0. The van der Waals surface area contributed by atoms with Crippen molar-refractivity contribution in [2.24, 2.45) is 17.3 Å². The van der Waals surface area contributed by atoms with Gasteiger partial charge in [-0.25, -0.2) is 4.79 Å². The first-order valence-corrected chi connectivity index (χ1v) is 6.95. The van der Waals surface area contributed by atoms with Crippen molar-refractivity contribution in [2.75, 3.05) is 0 Å². The van der Waals surface area contributed by atoms with E-state index in [0.717, 1.165) is 12.8 Å². The number of aliphatic carboxylic acids is 1. The standard InChI is InChI=1S/C15H20O4/c1-8-6-11-10(9(2)13(17)18)7-14(3)12(16)4-5-15(8,14)19-11/h8,10-11H,2,4-7H2,1,3H3,(H,17,18). The summed E-state index contributed by atoms with van der Waals surface area (Å²) in [5.41, 5.74) is -0.708.